The second kappa shape index (κ2) is 7.41. The molecule has 1 rings (SSSR count). The van der Waals surface area contributed by atoms with Crippen LogP contribution in [0.15, 0.2) is 15.2 Å². The molecular formula is C10H13Br2NOS. The number of halogens is 2. The molecule has 84 valence electrons. The highest BCUT2D eigenvalue weighted by molar-refractivity contribution is 9.11. The Balaban J connectivity index is 2.19. The predicted molar refractivity (Wildman–Crippen MR) is 72.0 cm³/mol. The van der Waals surface area contributed by atoms with E-state index in [4.69, 9.17) is 0 Å². The molecule has 0 aliphatic heterocycles. The fraction of sp³-hybridized carbons (Fsp3) is 0.500. The van der Waals surface area contributed by atoms with Gasteiger partial charge in [-0.05, 0) is 34.8 Å². The summed E-state index contributed by atoms with van der Waals surface area (Å²) in [6, 6.07) is 1.85. The summed E-state index contributed by atoms with van der Waals surface area (Å²) < 4.78 is 0.993. The fourth-order valence-electron chi connectivity index (χ4n) is 1.13. The van der Waals surface area contributed by atoms with Crippen LogP contribution in [0.4, 0.5) is 0 Å². The molecule has 0 fully saturated rings. The normalized spacial score (nSPS) is 10.3. The lowest BCUT2D eigenvalue weighted by atomic mass is 10.2. The summed E-state index contributed by atoms with van der Waals surface area (Å²) in [5, 5.41) is 5.80. The average Bonchev–Trinajstić information content (AvgIpc) is 2.64. The van der Waals surface area contributed by atoms with Crippen LogP contribution >= 0.6 is 43.2 Å². The van der Waals surface area contributed by atoms with E-state index in [9.17, 15) is 4.79 Å². The topological polar surface area (TPSA) is 29.1 Å². The maximum atomic E-state index is 11.6. The zero-order valence-electron chi connectivity index (χ0n) is 8.26. The molecule has 1 N–H and O–H groups in total. The Morgan fingerprint density at radius 1 is 1.40 bits per heavy atom. The number of hydrogen-bond acceptors (Lipinski definition) is 2. The Labute approximate surface area is 111 Å². The zero-order chi connectivity index (χ0) is 11.1. The first kappa shape index (κ1) is 13.2. The molecule has 0 unspecified atom stereocenters. The van der Waals surface area contributed by atoms with Gasteiger partial charge in [0.15, 0.2) is 0 Å². The van der Waals surface area contributed by atoms with Crippen molar-refractivity contribution in [2.75, 3.05) is 11.9 Å². The van der Waals surface area contributed by atoms with Gasteiger partial charge in [0.2, 0.25) is 0 Å². The maximum Gasteiger partial charge on any atom is 0.252 e. The van der Waals surface area contributed by atoms with E-state index >= 15 is 0 Å². The minimum atomic E-state index is 0.0239. The van der Waals surface area contributed by atoms with Gasteiger partial charge < -0.3 is 5.32 Å². The third-order valence-electron chi connectivity index (χ3n) is 1.93. The van der Waals surface area contributed by atoms with Crippen molar-refractivity contribution in [3.8, 4) is 0 Å². The molecule has 1 amide bonds. The minimum absolute atomic E-state index is 0.0239. The molecule has 1 heterocycles. The third kappa shape index (κ3) is 5.13. The maximum absolute atomic E-state index is 11.6. The second-order valence-electron chi connectivity index (χ2n) is 3.15. The highest BCUT2D eigenvalue weighted by Gasteiger charge is 2.06. The lowest BCUT2D eigenvalue weighted by molar-refractivity contribution is 0.0953. The number of alkyl halides is 1. The summed E-state index contributed by atoms with van der Waals surface area (Å²) >= 11 is 8.24. The SMILES string of the molecule is O=C(NCCCCCBr)c1csc(Br)c1. The van der Waals surface area contributed by atoms with E-state index in [0.29, 0.717) is 0 Å². The number of nitrogens with one attached hydrogen (secondary N) is 1. The molecule has 1 aromatic rings. The first-order valence-corrected chi connectivity index (χ1v) is 7.61. The Morgan fingerprint density at radius 3 is 2.80 bits per heavy atom. The van der Waals surface area contributed by atoms with Gasteiger partial charge in [-0.1, -0.05) is 22.4 Å². The molecule has 0 spiro atoms. The number of carbonyl (C=O) groups is 1. The van der Waals surface area contributed by atoms with Crippen molar-refractivity contribution in [2.45, 2.75) is 19.3 Å². The molecule has 1 aromatic heterocycles. The summed E-state index contributed by atoms with van der Waals surface area (Å²) in [6.07, 6.45) is 3.36. The number of hydrogen-bond donors (Lipinski definition) is 1. The molecule has 0 saturated carbocycles. The van der Waals surface area contributed by atoms with Gasteiger partial charge in [-0.15, -0.1) is 11.3 Å². The van der Waals surface area contributed by atoms with E-state index in [1.165, 1.54) is 17.8 Å². The highest BCUT2D eigenvalue weighted by atomic mass is 79.9. The van der Waals surface area contributed by atoms with Crippen LogP contribution in [0.2, 0.25) is 0 Å². The summed E-state index contributed by atoms with van der Waals surface area (Å²) in [6.45, 7) is 0.763. The first-order chi connectivity index (χ1) is 7.24. The van der Waals surface area contributed by atoms with Crippen LogP contribution in [0.3, 0.4) is 0 Å². The monoisotopic (exact) mass is 353 g/mol. The molecule has 0 bridgehead atoms. The molecule has 0 aliphatic rings. The molecule has 2 nitrogen and oxygen atoms in total. The Kier molecular flexibility index (Phi) is 6.52. The minimum Gasteiger partial charge on any atom is -0.352 e. The van der Waals surface area contributed by atoms with Gasteiger partial charge in [0.25, 0.3) is 5.91 Å². The number of carbonyl (C=O) groups excluding carboxylic acids is 1. The quantitative estimate of drug-likeness (QED) is 0.610. The molecule has 0 aliphatic carbocycles. The largest absolute Gasteiger partial charge is 0.352 e. The van der Waals surface area contributed by atoms with E-state index in [-0.39, 0.29) is 5.91 Å². The van der Waals surface area contributed by atoms with Gasteiger partial charge in [0, 0.05) is 17.3 Å². The van der Waals surface area contributed by atoms with Gasteiger partial charge in [-0.25, -0.2) is 0 Å². The highest BCUT2D eigenvalue weighted by Crippen LogP contribution is 2.20. The average molecular weight is 355 g/mol. The van der Waals surface area contributed by atoms with Gasteiger partial charge >= 0.3 is 0 Å². The predicted octanol–water partition coefficient (Wildman–Crippen LogP) is 3.81. The van der Waals surface area contributed by atoms with Crippen LogP contribution in [0.5, 0.6) is 0 Å². The van der Waals surface area contributed by atoms with Gasteiger partial charge in [-0.2, -0.15) is 0 Å². The van der Waals surface area contributed by atoms with E-state index in [0.717, 1.165) is 34.1 Å². The van der Waals surface area contributed by atoms with E-state index in [2.05, 4.69) is 37.2 Å². The standard InChI is InChI=1S/C10H13Br2NOS/c11-4-2-1-3-5-13-10(14)8-6-9(12)15-7-8/h6-7H,1-5H2,(H,13,14). The fourth-order valence-corrected chi connectivity index (χ4v) is 2.66. The lowest BCUT2D eigenvalue weighted by Gasteiger charge is -2.02. The van der Waals surface area contributed by atoms with Crippen LogP contribution in [-0.2, 0) is 0 Å². The van der Waals surface area contributed by atoms with Gasteiger partial charge in [0.05, 0.1) is 9.35 Å². The molecule has 0 aromatic carbocycles. The number of unbranched alkanes of at least 4 members (excludes halogenated alkanes) is 2. The van der Waals surface area contributed by atoms with Crippen molar-refractivity contribution >= 4 is 49.1 Å². The second-order valence-corrected chi connectivity index (χ2v) is 6.23. The lowest BCUT2D eigenvalue weighted by Crippen LogP contribution is -2.23. The zero-order valence-corrected chi connectivity index (χ0v) is 12.3. The van der Waals surface area contributed by atoms with E-state index < -0.39 is 0 Å². The summed E-state index contributed by atoms with van der Waals surface area (Å²) in [5.41, 5.74) is 0.743. The number of amides is 1. The molecule has 0 atom stereocenters. The molecule has 0 saturated heterocycles. The van der Waals surface area contributed by atoms with Crippen LogP contribution in [0.25, 0.3) is 0 Å². The van der Waals surface area contributed by atoms with Gasteiger partial charge in [-0.3, -0.25) is 4.79 Å². The van der Waals surface area contributed by atoms with Gasteiger partial charge in [0.1, 0.15) is 0 Å². The van der Waals surface area contributed by atoms with Crippen LogP contribution in [0.1, 0.15) is 29.6 Å². The van der Waals surface area contributed by atoms with Crippen LogP contribution in [0, 0.1) is 0 Å². The van der Waals surface area contributed by atoms with Crippen molar-refractivity contribution < 1.29 is 4.79 Å². The van der Waals surface area contributed by atoms with Crippen molar-refractivity contribution in [1.29, 1.82) is 0 Å². The molecule has 15 heavy (non-hydrogen) atoms. The smallest absolute Gasteiger partial charge is 0.252 e. The molecular weight excluding hydrogens is 342 g/mol. The van der Waals surface area contributed by atoms with Crippen molar-refractivity contribution in [3.05, 3.63) is 20.8 Å². The number of thiophene rings is 1. The van der Waals surface area contributed by atoms with Crippen LogP contribution in [-0.4, -0.2) is 17.8 Å². The van der Waals surface area contributed by atoms with Crippen molar-refractivity contribution in [3.63, 3.8) is 0 Å². The van der Waals surface area contributed by atoms with E-state index in [1.54, 1.807) is 0 Å². The van der Waals surface area contributed by atoms with Crippen molar-refractivity contribution in [1.82, 2.24) is 5.32 Å². The number of rotatable bonds is 6. The summed E-state index contributed by atoms with van der Waals surface area (Å²) in [4.78, 5) is 11.6. The third-order valence-corrected chi connectivity index (χ3v) is 3.99. The van der Waals surface area contributed by atoms with Crippen molar-refractivity contribution in [2.24, 2.45) is 0 Å². The van der Waals surface area contributed by atoms with E-state index in [1.807, 2.05) is 11.4 Å². The summed E-state index contributed by atoms with van der Waals surface area (Å²) in [5.74, 6) is 0.0239. The Bertz CT molecular complexity index is 314. The summed E-state index contributed by atoms with van der Waals surface area (Å²) in [7, 11) is 0. The molecule has 0 radical (unpaired) electrons. The Hall–Kier alpha value is 0.130. The van der Waals surface area contributed by atoms with Crippen LogP contribution < -0.4 is 5.32 Å². The Morgan fingerprint density at radius 2 is 2.20 bits per heavy atom. The first-order valence-electron chi connectivity index (χ1n) is 4.82. The molecule has 5 heteroatoms.